The summed E-state index contributed by atoms with van der Waals surface area (Å²) in [6, 6.07) is 15.4. The highest BCUT2D eigenvalue weighted by Gasteiger charge is 2.11. The van der Waals surface area contributed by atoms with Crippen LogP contribution >= 0.6 is 15.9 Å². The highest BCUT2D eigenvalue weighted by atomic mass is 79.9. The molecule has 0 atom stereocenters. The summed E-state index contributed by atoms with van der Waals surface area (Å²) in [7, 11) is 0. The van der Waals surface area contributed by atoms with E-state index >= 15 is 0 Å². The second-order valence-corrected chi connectivity index (χ2v) is 5.99. The molecule has 0 aromatic heterocycles. The van der Waals surface area contributed by atoms with Crippen molar-refractivity contribution >= 4 is 39.2 Å². The third-order valence-electron chi connectivity index (χ3n) is 3.23. The Morgan fingerprint density at radius 1 is 1.19 bits per heavy atom. The second-order valence-electron chi connectivity index (χ2n) is 5.08. The van der Waals surface area contributed by atoms with Crippen LogP contribution in [0, 0.1) is 11.3 Å². The van der Waals surface area contributed by atoms with Crippen LogP contribution in [0.25, 0.3) is 0 Å². The molecule has 6 nitrogen and oxygen atoms in total. The van der Waals surface area contributed by atoms with Gasteiger partial charge in [-0.2, -0.15) is 5.26 Å². The molecule has 0 saturated heterocycles. The fourth-order valence-corrected chi connectivity index (χ4v) is 2.38. The SMILES string of the molecule is CCOC(=O)c1ccc(NC(=O)/C(C#N)=C\Nc2cccc(Br)c2)cc1. The van der Waals surface area contributed by atoms with Crippen molar-refractivity contribution in [2.45, 2.75) is 6.92 Å². The third-order valence-corrected chi connectivity index (χ3v) is 3.72. The smallest absolute Gasteiger partial charge is 0.338 e. The second kappa shape index (κ2) is 9.39. The maximum absolute atomic E-state index is 12.2. The molecular weight excluding hydrogens is 398 g/mol. The summed E-state index contributed by atoms with van der Waals surface area (Å²) in [5.74, 6) is -0.986. The number of esters is 1. The number of nitrogens with zero attached hydrogens (tertiary/aromatic N) is 1. The van der Waals surface area contributed by atoms with Crippen LogP contribution in [0.5, 0.6) is 0 Å². The van der Waals surface area contributed by atoms with Gasteiger partial charge in [-0.1, -0.05) is 22.0 Å². The number of nitriles is 1. The van der Waals surface area contributed by atoms with Gasteiger partial charge in [0.05, 0.1) is 12.2 Å². The first-order valence-corrected chi connectivity index (χ1v) is 8.53. The lowest BCUT2D eigenvalue weighted by molar-refractivity contribution is -0.112. The van der Waals surface area contributed by atoms with Crippen molar-refractivity contribution in [3.63, 3.8) is 0 Å². The Balaban J connectivity index is 2.03. The lowest BCUT2D eigenvalue weighted by atomic mass is 10.2. The fraction of sp³-hybridized carbons (Fsp3) is 0.105. The van der Waals surface area contributed by atoms with Crippen molar-refractivity contribution < 1.29 is 14.3 Å². The van der Waals surface area contributed by atoms with Gasteiger partial charge in [0, 0.05) is 22.0 Å². The molecule has 0 spiro atoms. The summed E-state index contributed by atoms with van der Waals surface area (Å²) in [6.07, 6.45) is 1.34. The molecule has 0 unspecified atom stereocenters. The number of anilines is 2. The molecule has 2 aromatic carbocycles. The molecule has 0 heterocycles. The van der Waals surface area contributed by atoms with E-state index in [4.69, 9.17) is 4.74 Å². The lowest BCUT2D eigenvalue weighted by Crippen LogP contribution is -2.14. The number of carbonyl (C=O) groups is 2. The minimum absolute atomic E-state index is 0.0838. The Hall–Kier alpha value is -3.11. The number of nitrogens with one attached hydrogen (secondary N) is 2. The maximum atomic E-state index is 12.2. The number of amides is 1. The molecule has 26 heavy (non-hydrogen) atoms. The van der Waals surface area contributed by atoms with Crippen molar-refractivity contribution in [2.24, 2.45) is 0 Å². The van der Waals surface area contributed by atoms with E-state index in [2.05, 4.69) is 26.6 Å². The van der Waals surface area contributed by atoms with E-state index in [9.17, 15) is 14.9 Å². The largest absolute Gasteiger partial charge is 0.462 e. The van der Waals surface area contributed by atoms with Crippen LogP contribution in [0.2, 0.25) is 0 Å². The molecule has 0 radical (unpaired) electrons. The molecule has 7 heteroatoms. The molecule has 132 valence electrons. The van der Waals surface area contributed by atoms with Gasteiger partial charge in [0.1, 0.15) is 11.6 Å². The Morgan fingerprint density at radius 2 is 1.92 bits per heavy atom. The summed E-state index contributed by atoms with van der Waals surface area (Å²) in [5.41, 5.74) is 1.50. The molecule has 2 aromatic rings. The first-order valence-electron chi connectivity index (χ1n) is 7.74. The minimum Gasteiger partial charge on any atom is -0.462 e. The Bertz CT molecular complexity index is 870. The number of hydrogen-bond donors (Lipinski definition) is 2. The van der Waals surface area contributed by atoms with Crippen LogP contribution in [-0.2, 0) is 9.53 Å². The summed E-state index contributed by atoms with van der Waals surface area (Å²) in [4.78, 5) is 23.8. The van der Waals surface area contributed by atoms with Crippen LogP contribution in [0.15, 0.2) is 64.8 Å². The van der Waals surface area contributed by atoms with Crippen molar-refractivity contribution in [1.82, 2.24) is 0 Å². The molecule has 0 aliphatic rings. The normalized spacial score (nSPS) is 10.6. The summed E-state index contributed by atoms with van der Waals surface area (Å²) < 4.78 is 5.77. The van der Waals surface area contributed by atoms with E-state index in [1.807, 2.05) is 30.3 Å². The summed E-state index contributed by atoms with van der Waals surface area (Å²) in [6.45, 7) is 2.02. The van der Waals surface area contributed by atoms with Crippen LogP contribution in [-0.4, -0.2) is 18.5 Å². The monoisotopic (exact) mass is 413 g/mol. The van der Waals surface area contributed by atoms with Crippen LogP contribution in [0.4, 0.5) is 11.4 Å². The predicted molar refractivity (Wildman–Crippen MR) is 102 cm³/mol. The molecule has 2 rings (SSSR count). The van der Waals surface area contributed by atoms with E-state index in [1.165, 1.54) is 6.20 Å². The Morgan fingerprint density at radius 3 is 2.54 bits per heavy atom. The predicted octanol–water partition coefficient (Wildman–Crippen LogP) is 4.08. The first-order chi connectivity index (χ1) is 12.5. The Labute approximate surface area is 159 Å². The van der Waals surface area contributed by atoms with Gasteiger partial charge < -0.3 is 15.4 Å². The number of carbonyl (C=O) groups excluding carboxylic acids is 2. The van der Waals surface area contributed by atoms with Crippen molar-refractivity contribution in [3.8, 4) is 6.07 Å². The highest BCUT2D eigenvalue weighted by molar-refractivity contribution is 9.10. The van der Waals surface area contributed by atoms with E-state index in [0.717, 1.165) is 10.2 Å². The summed E-state index contributed by atoms with van der Waals surface area (Å²) in [5, 5.41) is 14.7. The lowest BCUT2D eigenvalue weighted by Gasteiger charge is -2.07. The van der Waals surface area contributed by atoms with Gasteiger partial charge in [0.2, 0.25) is 0 Å². The van der Waals surface area contributed by atoms with Crippen LogP contribution in [0.1, 0.15) is 17.3 Å². The van der Waals surface area contributed by atoms with Crippen LogP contribution in [0.3, 0.4) is 0 Å². The Kier molecular flexibility index (Phi) is 6.94. The molecule has 2 N–H and O–H groups in total. The summed E-state index contributed by atoms with van der Waals surface area (Å²) >= 11 is 3.35. The molecule has 0 bridgehead atoms. The number of benzene rings is 2. The molecule has 0 fully saturated rings. The van der Waals surface area contributed by atoms with Gasteiger partial charge in [-0.15, -0.1) is 0 Å². The highest BCUT2D eigenvalue weighted by Crippen LogP contribution is 2.16. The minimum atomic E-state index is -0.557. The molecule has 0 aliphatic heterocycles. The quantitative estimate of drug-likeness (QED) is 0.422. The van der Waals surface area contributed by atoms with Gasteiger partial charge in [0.15, 0.2) is 0 Å². The van der Waals surface area contributed by atoms with Gasteiger partial charge >= 0.3 is 5.97 Å². The van der Waals surface area contributed by atoms with Gasteiger partial charge in [-0.05, 0) is 49.4 Å². The van der Waals surface area contributed by atoms with Gasteiger partial charge in [-0.3, -0.25) is 4.79 Å². The first kappa shape index (κ1) is 19.2. The number of hydrogen-bond acceptors (Lipinski definition) is 5. The van der Waals surface area contributed by atoms with Crippen molar-refractivity contribution in [3.05, 3.63) is 70.3 Å². The molecular formula is C19H16BrN3O3. The standard InChI is InChI=1S/C19H16BrN3O3/c1-2-26-19(25)13-6-8-16(9-7-13)23-18(24)14(11-21)12-22-17-5-3-4-15(20)10-17/h3-10,12,22H,2H2,1H3,(H,23,24)/b14-12-. The molecule has 0 saturated carbocycles. The van der Waals surface area contributed by atoms with E-state index in [1.54, 1.807) is 31.2 Å². The zero-order chi connectivity index (χ0) is 18.9. The third kappa shape index (κ3) is 5.46. The molecule has 1 amide bonds. The zero-order valence-corrected chi connectivity index (χ0v) is 15.5. The van der Waals surface area contributed by atoms with Crippen molar-refractivity contribution in [2.75, 3.05) is 17.2 Å². The van der Waals surface area contributed by atoms with Gasteiger partial charge in [0.25, 0.3) is 5.91 Å². The average Bonchev–Trinajstić information content (AvgIpc) is 2.63. The van der Waals surface area contributed by atoms with Crippen LogP contribution < -0.4 is 10.6 Å². The maximum Gasteiger partial charge on any atom is 0.338 e. The fourth-order valence-electron chi connectivity index (χ4n) is 1.98. The zero-order valence-electron chi connectivity index (χ0n) is 14.0. The number of rotatable bonds is 6. The topological polar surface area (TPSA) is 91.2 Å². The van der Waals surface area contributed by atoms with Gasteiger partial charge in [-0.25, -0.2) is 4.79 Å². The van der Waals surface area contributed by atoms with E-state index in [-0.39, 0.29) is 5.57 Å². The van der Waals surface area contributed by atoms with Crippen molar-refractivity contribution in [1.29, 1.82) is 5.26 Å². The van der Waals surface area contributed by atoms with E-state index < -0.39 is 11.9 Å². The van der Waals surface area contributed by atoms with E-state index in [0.29, 0.717) is 17.9 Å². The number of ether oxygens (including phenoxy) is 1. The average molecular weight is 414 g/mol. The molecule has 0 aliphatic carbocycles. The number of halogens is 1.